The number of benzene rings is 4. The van der Waals surface area contributed by atoms with Crippen LogP contribution in [0.2, 0.25) is 0 Å². The summed E-state index contributed by atoms with van der Waals surface area (Å²) in [5, 5.41) is 84.9. The van der Waals surface area contributed by atoms with E-state index in [4.69, 9.17) is 54.9 Å². The molecule has 0 aliphatic rings. The van der Waals surface area contributed by atoms with Gasteiger partial charge < -0.3 is 87.9 Å². The van der Waals surface area contributed by atoms with Crippen LogP contribution in [-0.2, 0) is 33.1 Å². The number of hydrogen-bond acceptors (Lipinski definition) is 34. The first-order chi connectivity index (χ1) is 55.0. The van der Waals surface area contributed by atoms with E-state index in [1.165, 1.54) is 25.0 Å². The van der Waals surface area contributed by atoms with E-state index in [9.17, 15) is 18.0 Å². The van der Waals surface area contributed by atoms with Crippen molar-refractivity contribution in [3.05, 3.63) is 167 Å². The van der Waals surface area contributed by atoms with E-state index in [2.05, 4.69) is 156 Å². The first-order valence-corrected chi connectivity index (χ1v) is 36.7. The van der Waals surface area contributed by atoms with Crippen molar-refractivity contribution < 1.29 is 61.2 Å². The molecule has 0 radical (unpaired) electrons. The van der Waals surface area contributed by atoms with Gasteiger partial charge >= 0.3 is 18.1 Å². The number of hydrogen-bond donors (Lipinski definition) is 13. The molecule has 0 spiro atoms. The van der Waals surface area contributed by atoms with Crippen LogP contribution in [-0.4, -0.2) is 208 Å². The normalized spacial score (nSPS) is 10.4. The highest BCUT2D eigenvalue weighted by molar-refractivity contribution is 8.26. The number of carbonyl (C=O) groups is 2. The Morgan fingerprint density at radius 1 is 0.461 bits per heavy atom. The molecule has 0 saturated carbocycles. The zero-order chi connectivity index (χ0) is 84.5. The number of carboxylic acids is 2. The van der Waals surface area contributed by atoms with Gasteiger partial charge in [0.15, 0.2) is 5.69 Å². The minimum atomic E-state index is -5.08. The topological polar surface area (TPSA) is 509 Å². The van der Waals surface area contributed by atoms with Crippen LogP contribution < -0.4 is 72.5 Å². The number of rotatable bonds is 25. The summed E-state index contributed by atoms with van der Waals surface area (Å²) in [5.41, 5.74) is 15.5. The van der Waals surface area contributed by atoms with Crippen molar-refractivity contribution >= 4 is 124 Å². The lowest BCUT2D eigenvalue weighted by atomic mass is 10.2. The highest BCUT2D eigenvalue weighted by Gasteiger charge is 2.38. The lowest BCUT2D eigenvalue weighted by Crippen LogP contribution is -2.21. The Balaban J connectivity index is 0.000000226. The van der Waals surface area contributed by atoms with Crippen molar-refractivity contribution in [1.82, 2.24) is 105 Å². The molecule has 8 heterocycles. The number of aliphatic hydroxyl groups is 1. The van der Waals surface area contributed by atoms with E-state index < -0.39 is 27.3 Å². The summed E-state index contributed by atoms with van der Waals surface area (Å²) in [7, 11) is 24.3. The van der Waals surface area contributed by atoms with Crippen molar-refractivity contribution in [2.24, 2.45) is 5.73 Å². The monoisotopic (exact) mass is 1670 g/mol. The number of aliphatic carboxylic acids is 1. The number of aryl methyl sites for hydroxylation is 4. The Morgan fingerprint density at radius 3 is 0.965 bits per heavy atom. The number of nitrogens with two attached hydrogens (primary N) is 1. The largest absolute Gasteiger partial charge is 0.494 e. The molecule has 4 aromatic carbocycles. The van der Waals surface area contributed by atoms with Crippen LogP contribution in [0.15, 0.2) is 122 Å². The fourth-order valence-electron chi connectivity index (χ4n) is 9.44. The van der Waals surface area contributed by atoms with Crippen LogP contribution >= 0.6 is 33.0 Å². The third kappa shape index (κ3) is 28.0. The number of carboxylic acid groups (broad SMARTS) is 2. The Morgan fingerprint density at radius 2 is 0.730 bits per heavy atom. The van der Waals surface area contributed by atoms with Crippen molar-refractivity contribution in [2.45, 2.75) is 52.9 Å². The van der Waals surface area contributed by atoms with Gasteiger partial charge in [0.2, 0.25) is 33.0 Å². The molecule has 0 unspecified atom stereocenters. The molecular formula is C68H82Cl3F3N30O10S. The summed E-state index contributed by atoms with van der Waals surface area (Å²) in [6, 6.07) is 29.5. The lowest BCUT2D eigenvalue weighted by molar-refractivity contribution is -0.192. The van der Waals surface area contributed by atoms with Crippen LogP contribution in [0.1, 0.15) is 50.3 Å². The van der Waals surface area contributed by atoms with E-state index in [1.54, 1.807) is 80.1 Å². The maximum absolute atomic E-state index is 11.0. The zero-order valence-corrected chi connectivity index (χ0v) is 67.1. The number of methoxy groups -OCH3 is 4. The maximum atomic E-state index is 11.0. The summed E-state index contributed by atoms with van der Waals surface area (Å²) >= 11 is 5.80. The second kappa shape index (κ2) is 44.9. The van der Waals surface area contributed by atoms with Gasteiger partial charge in [0.1, 0.15) is 74.7 Å². The van der Waals surface area contributed by atoms with Crippen molar-refractivity contribution in [3.63, 3.8) is 0 Å². The molecular weight excluding hydrogens is 1590 g/mol. The van der Waals surface area contributed by atoms with Gasteiger partial charge in [0, 0.05) is 126 Å². The Hall–Kier alpha value is -13.0. The molecule has 612 valence electrons. The van der Waals surface area contributed by atoms with Gasteiger partial charge in [-0.3, -0.25) is 0 Å². The van der Waals surface area contributed by atoms with E-state index in [1.807, 2.05) is 134 Å². The van der Waals surface area contributed by atoms with E-state index >= 15 is 0 Å². The molecule has 14 N–H and O–H groups in total. The lowest BCUT2D eigenvalue weighted by Gasteiger charge is -2.12. The number of ether oxygens (including phenoxy) is 4. The third-order valence-corrected chi connectivity index (χ3v) is 14.7. The standard InChI is InChI=1S/C17H22N8O.C16H18ClN7O.C16H17N7O3.C16H19N7O2.C2HF3O2.CH5N.Cl2OS/c1-11-7-16(19-3)22-17(20-11)21-12-5-6-15(26-4)14(8-12)25-10-13(9-18-2)23-24-25;1-10-6-15(18-2)21-16(19-10)20-11-4-5-14(25-3)13(7-11)24-9-12(8-17)22-23-24;1-9-6-14(17-2)20-16(18-9)19-10-4-5-13(26-3)12(7-10)23-8-11(15(24)25)21-22-23;1-10-6-15(17-2)20-16(18-10)19-11-4-5-14(25-3)13(7-11)23-8-12(9-24)21-22-23;3-2(4,5)1(6)7;1-2;1-4(2)3/h5-8,10,18H,9H2,1-4H3,(H2,19,20,21,22);4-7,9H,8H2,1-3H3,(H2,18,19,20,21);4-8H,1-3H3,(H,24,25)(H2,17,18,19,20);4-8,24H,9H2,1-3H3,(H2,17,18,19,20);(H,6,7);2H2,1H3;. The number of anilines is 12. The molecule has 12 rings (SSSR count). The maximum Gasteiger partial charge on any atom is 0.490 e. The third-order valence-electron chi connectivity index (χ3n) is 14.4. The molecule has 0 atom stereocenters. The number of aliphatic hydroxyl groups excluding tert-OH is 1. The number of halogens is 6. The van der Waals surface area contributed by atoms with Gasteiger partial charge in [0.05, 0.1) is 77.1 Å². The van der Waals surface area contributed by atoms with Crippen LogP contribution in [0, 0.1) is 27.7 Å². The minimum absolute atomic E-state index is 0.161. The summed E-state index contributed by atoms with van der Waals surface area (Å²) in [4.78, 5) is 55.0. The average molecular weight is 1680 g/mol. The van der Waals surface area contributed by atoms with Crippen molar-refractivity contribution in [1.29, 1.82) is 0 Å². The predicted octanol–water partition coefficient (Wildman–Crippen LogP) is 9.54. The highest BCUT2D eigenvalue weighted by atomic mass is 36.0. The number of nitrogens with one attached hydrogen (secondary N) is 9. The Kier molecular flexibility index (Phi) is 35.5. The van der Waals surface area contributed by atoms with E-state index in [-0.39, 0.29) is 12.3 Å². The number of nitrogens with zero attached hydrogens (tertiary/aromatic N) is 20. The van der Waals surface area contributed by atoms with Crippen LogP contribution in [0.25, 0.3) is 22.7 Å². The predicted molar refractivity (Wildman–Crippen MR) is 429 cm³/mol. The summed E-state index contributed by atoms with van der Waals surface area (Å²) < 4.78 is 68.6. The van der Waals surface area contributed by atoms with E-state index in [0.29, 0.717) is 93.5 Å². The molecule has 0 fully saturated rings. The van der Waals surface area contributed by atoms with Crippen molar-refractivity contribution in [2.75, 3.05) is 113 Å². The Bertz CT molecular complexity index is 5030. The molecule has 40 nitrogen and oxygen atoms in total. The van der Waals surface area contributed by atoms with Crippen LogP contribution in [0.5, 0.6) is 23.0 Å². The van der Waals surface area contributed by atoms with Gasteiger partial charge in [-0.1, -0.05) is 20.9 Å². The zero-order valence-electron chi connectivity index (χ0n) is 64.1. The van der Waals surface area contributed by atoms with Crippen LogP contribution in [0.3, 0.4) is 0 Å². The van der Waals surface area contributed by atoms with Gasteiger partial charge in [-0.05, 0) is 115 Å². The molecule has 0 aliphatic heterocycles. The van der Waals surface area contributed by atoms with Gasteiger partial charge in [0.25, 0.3) is 0 Å². The second-order valence-electron chi connectivity index (χ2n) is 22.5. The van der Waals surface area contributed by atoms with Crippen molar-refractivity contribution in [3.8, 4) is 45.7 Å². The van der Waals surface area contributed by atoms with Crippen LogP contribution in [0.4, 0.5) is 83.0 Å². The number of alkyl halides is 4. The van der Waals surface area contributed by atoms with E-state index in [0.717, 1.165) is 74.4 Å². The smallest absolute Gasteiger partial charge is 0.490 e. The SMILES string of the molecule is CN.CNCc1cn(-c2cc(Nc3nc(C)cc(NC)n3)ccc2OC)nn1.CNc1cc(C)nc(Nc2ccc(OC)c(-n3cc(C(=O)O)nn3)c2)n1.CNc1cc(C)nc(Nc2ccc(OC)c(-n3cc(CCl)nn3)c2)n1.CNc1cc(C)nc(Nc2ccc(OC)c(-n3cc(CO)nn3)c2)n1.O=C(O)C(F)(F)F.O=S(Cl)Cl. The first-order valence-electron chi connectivity index (χ1n) is 33.3. The first kappa shape index (κ1) is 90.9. The molecule has 47 heteroatoms. The molecule has 0 saturated heterocycles. The number of aromatic nitrogens is 20. The molecule has 0 amide bonds. The minimum Gasteiger partial charge on any atom is -0.494 e. The molecule has 12 aromatic rings. The number of aromatic carboxylic acids is 1. The quantitative estimate of drug-likeness (QED) is 0.0187. The summed E-state index contributed by atoms with van der Waals surface area (Å²) in [6.07, 6.45) is 1.49. The fourth-order valence-corrected chi connectivity index (χ4v) is 9.56. The van der Waals surface area contributed by atoms with Gasteiger partial charge in [-0.2, -0.15) is 33.1 Å². The Labute approximate surface area is 672 Å². The molecule has 0 bridgehead atoms. The van der Waals surface area contributed by atoms with Gasteiger partial charge in [-0.25, -0.2) is 52.5 Å². The second-order valence-corrected chi connectivity index (χ2v) is 25.3. The fraction of sp³-hybridized carbons (Fsp3) is 0.265. The molecule has 0 aliphatic carbocycles. The molecule has 8 aromatic heterocycles. The highest BCUT2D eigenvalue weighted by Crippen LogP contribution is 2.32. The summed E-state index contributed by atoms with van der Waals surface area (Å²) in [5.74, 6) is 3.71. The molecule has 115 heavy (non-hydrogen) atoms. The average Bonchev–Trinajstić information content (AvgIpc) is 1.85. The van der Waals surface area contributed by atoms with Gasteiger partial charge in [-0.15, -0.1) is 32.0 Å². The summed E-state index contributed by atoms with van der Waals surface area (Å²) in [6.45, 7) is 8.07.